The van der Waals surface area contributed by atoms with Crippen LogP contribution in [-0.4, -0.2) is 40.3 Å². The van der Waals surface area contributed by atoms with E-state index in [1.54, 1.807) is 0 Å². The van der Waals surface area contributed by atoms with Gasteiger partial charge in [-0.05, 0) is 55.2 Å². The van der Waals surface area contributed by atoms with E-state index >= 15 is 0 Å². The second kappa shape index (κ2) is 6.86. The standard InChI is InChI=1S/C20H25F2NO4/c1-19(2,3)12-6-8-20(9-7-12)23(16(11-27-20)18(25)26)17(24)14-10-13(21)4-5-15(14)22/h4-5,10,12,16H,6-9,11H2,1-3H3,(H,25,26)/t12?,16-,20?/m0/s1. The van der Waals surface area contributed by atoms with Crippen molar-refractivity contribution in [1.82, 2.24) is 4.90 Å². The molecule has 5 nitrogen and oxygen atoms in total. The SMILES string of the molecule is CC(C)(C)C1CCC2(CC1)OC[C@@H](C(=O)O)N2C(=O)c1cc(F)ccc1F. The summed E-state index contributed by atoms with van der Waals surface area (Å²) >= 11 is 0. The number of nitrogens with zero attached hydrogens (tertiary/aromatic N) is 1. The van der Waals surface area contributed by atoms with Crippen molar-refractivity contribution in [2.75, 3.05) is 6.61 Å². The van der Waals surface area contributed by atoms with Crippen molar-refractivity contribution >= 4 is 11.9 Å². The molecule has 0 bridgehead atoms. The summed E-state index contributed by atoms with van der Waals surface area (Å²) in [5.74, 6) is -3.27. The second-order valence-corrected chi connectivity index (χ2v) is 8.55. The highest BCUT2D eigenvalue weighted by atomic mass is 19.1. The van der Waals surface area contributed by atoms with Crippen LogP contribution in [0.4, 0.5) is 8.78 Å². The van der Waals surface area contributed by atoms with Crippen molar-refractivity contribution in [2.45, 2.75) is 58.2 Å². The van der Waals surface area contributed by atoms with Crippen LogP contribution in [0.25, 0.3) is 0 Å². The van der Waals surface area contributed by atoms with E-state index in [0.29, 0.717) is 18.8 Å². The lowest BCUT2D eigenvalue weighted by atomic mass is 9.70. The molecule has 1 saturated carbocycles. The normalized spacial score (nSPS) is 28.6. The highest BCUT2D eigenvalue weighted by molar-refractivity contribution is 5.97. The largest absolute Gasteiger partial charge is 0.480 e. The molecule has 2 fully saturated rings. The smallest absolute Gasteiger partial charge is 0.328 e. The molecule has 0 radical (unpaired) electrons. The average Bonchev–Trinajstić information content (AvgIpc) is 2.95. The molecule has 1 saturated heterocycles. The Bertz CT molecular complexity index is 751. The van der Waals surface area contributed by atoms with E-state index in [4.69, 9.17) is 4.74 Å². The third-order valence-corrected chi connectivity index (χ3v) is 5.91. The molecule has 7 heteroatoms. The van der Waals surface area contributed by atoms with Crippen LogP contribution in [0.3, 0.4) is 0 Å². The monoisotopic (exact) mass is 381 g/mol. The summed E-state index contributed by atoms with van der Waals surface area (Å²) in [7, 11) is 0. The van der Waals surface area contributed by atoms with Gasteiger partial charge in [-0.3, -0.25) is 9.69 Å². The quantitative estimate of drug-likeness (QED) is 0.846. The molecular formula is C20H25F2NO4. The number of carbonyl (C=O) groups excluding carboxylic acids is 1. The average molecular weight is 381 g/mol. The van der Waals surface area contributed by atoms with Crippen molar-refractivity contribution in [3.05, 3.63) is 35.4 Å². The molecule has 1 amide bonds. The van der Waals surface area contributed by atoms with Crippen molar-refractivity contribution in [3.63, 3.8) is 0 Å². The van der Waals surface area contributed by atoms with E-state index in [-0.39, 0.29) is 12.0 Å². The van der Waals surface area contributed by atoms with Crippen LogP contribution < -0.4 is 0 Å². The van der Waals surface area contributed by atoms with Crippen LogP contribution in [-0.2, 0) is 9.53 Å². The van der Waals surface area contributed by atoms with Crippen LogP contribution in [0, 0.1) is 23.0 Å². The zero-order chi connectivity index (χ0) is 20.0. The fraction of sp³-hybridized carbons (Fsp3) is 0.600. The van der Waals surface area contributed by atoms with E-state index in [2.05, 4.69) is 20.8 Å². The third kappa shape index (κ3) is 3.57. The topological polar surface area (TPSA) is 66.8 Å². The Hall–Kier alpha value is -2.02. The number of hydrogen-bond acceptors (Lipinski definition) is 3. The van der Waals surface area contributed by atoms with Crippen molar-refractivity contribution in [1.29, 1.82) is 0 Å². The Balaban J connectivity index is 1.94. The van der Waals surface area contributed by atoms with Crippen molar-refractivity contribution in [3.8, 4) is 0 Å². The Morgan fingerprint density at radius 3 is 2.41 bits per heavy atom. The Morgan fingerprint density at radius 2 is 1.85 bits per heavy atom. The summed E-state index contributed by atoms with van der Waals surface area (Å²) in [4.78, 5) is 25.9. The van der Waals surface area contributed by atoms with E-state index in [1.807, 2.05) is 0 Å². The number of benzene rings is 1. The van der Waals surface area contributed by atoms with Crippen LogP contribution >= 0.6 is 0 Å². The summed E-state index contributed by atoms with van der Waals surface area (Å²) in [6.45, 7) is 6.29. The van der Waals surface area contributed by atoms with Gasteiger partial charge in [-0.1, -0.05) is 20.8 Å². The molecule has 27 heavy (non-hydrogen) atoms. The molecule has 2 aliphatic rings. The van der Waals surface area contributed by atoms with Gasteiger partial charge in [-0.2, -0.15) is 0 Å². The predicted molar refractivity (Wildman–Crippen MR) is 94.0 cm³/mol. The Morgan fingerprint density at radius 1 is 1.22 bits per heavy atom. The van der Waals surface area contributed by atoms with Crippen LogP contribution in [0.5, 0.6) is 0 Å². The summed E-state index contributed by atoms with van der Waals surface area (Å²) in [5, 5.41) is 9.56. The maximum Gasteiger partial charge on any atom is 0.328 e. The van der Waals surface area contributed by atoms with E-state index in [0.717, 1.165) is 35.9 Å². The minimum Gasteiger partial charge on any atom is -0.480 e. The predicted octanol–water partition coefficient (Wildman–Crippen LogP) is 3.82. The van der Waals surface area contributed by atoms with Gasteiger partial charge in [0.2, 0.25) is 0 Å². The molecule has 0 unspecified atom stereocenters. The first-order valence-corrected chi connectivity index (χ1v) is 9.21. The van der Waals surface area contributed by atoms with Crippen molar-refractivity contribution in [2.24, 2.45) is 11.3 Å². The molecule has 1 aromatic rings. The molecule has 1 aliphatic carbocycles. The number of ether oxygens (including phenoxy) is 1. The molecule has 1 aromatic carbocycles. The zero-order valence-electron chi connectivity index (χ0n) is 15.8. The Kier molecular flexibility index (Phi) is 5.01. The van der Waals surface area contributed by atoms with Gasteiger partial charge in [0.15, 0.2) is 6.04 Å². The first kappa shape index (κ1) is 19.7. The molecule has 0 aromatic heterocycles. The first-order valence-electron chi connectivity index (χ1n) is 9.21. The Labute approximate surface area is 157 Å². The molecule has 1 N–H and O–H groups in total. The maximum absolute atomic E-state index is 14.2. The van der Waals surface area contributed by atoms with Crippen LogP contribution in [0.2, 0.25) is 0 Å². The number of rotatable bonds is 2. The zero-order valence-corrected chi connectivity index (χ0v) is 15.8. The van der Waals surface area contributed by atoms with Gasteiger partial charge in [0.1, 0.15) is 17.4 Å². The van der Waals surface area contributed by atoms with Gasteiger partial charge in [0.05, 0.1) is 12.2 Å². The summed E-state index contributed by atoms with van der Waals surface area (Å²) < 4.78 is 33.6. The molecular weight excluding hydrogens is 356 g/mol. The maximum atomic E-state index is 14.2. The number of carboxylic acids is 1. The van der Waals surface area contributed by atoms with Crippen LogP contribution in [0.1, 0.15) is 56.8 Å². The number of carboxylic acid groups (broad SMARTS) is 1. The van der Waals surface area contributed by atoms with Gasteiger partial charge in [0, 0.05) is 0 Å². The number of carbonyl (C=O) groups is 2. The highest BCUT2D eigenvalue weighted by Gasteiger charge is 2.55. The van der Waals surface area contributed by atoms with E-state index in [1.165, 1.54) is 0 Å². The molecule has 1 atom stereocenters. The minimum atomic E-state index is -1.22. The summed E-state index contributed by atoms with van der Waals surface area (Å²) in [6.07, 6.45) is 2.49. The second-order valence-electron chi connectivity index (χ2n) is 8.55. The van der Waals surface area contributed by atoms with Gasteiger partial charge < -0.3 is 9.84 Å². The van der Waals surface area contributed by atoms with Gasteiger partial charge in [0.25, 0.3) is 5.91 Å². The minimum absolute atomic E-state index is 0.0932. The van der Waals surface area contributed by atoms with E-state index in [9.17, 15) is 23.5 Å². The lowest BCUT2D eigenvalue weighted by Gasteiger charge is -2.46. The lowest BCUT2D eigenvalue weighted by molar-refractivity contribution is -0.144. The van der Waals surface area contributed by atoms with Crippen LogP contribution in [0.15, 0.2) is 18.2 Å². The summed E-state index contributed by atoms with van der Waals surface area (Å²) in [6, 6.07) is 1.39. The van der Waals surface area contributed by atoms with Gasteiger partial charge in [-0.25, -0.2) is 13.6 Å². The third-order valence-electron chi connectivity index (χ3n) is 5.91. The highest BCUT2D eigenvalue weighted by Crippen LogP contribution is 2.47. The molecule has 148 valence electrons. The summed E-state index contributed by atoms with van der Waals surface area (Å²) in [5.41, 5.74) is -1.46. The lowest BCUT2D eigenvalue weighted by Crippen LogP contribution is -2.55. The number of amides is 1. The van der Waals surface area contributed by atoms with Crippen molar-refractivity contribution < 1.29 is 28.2 Å². The van der Waals surface area contributed by atoms with Gasteiger partial charge >= 0.3 is 5.97 Å². The molecule has 1 spiro atoms. The number of halogens is 2. The number of hydrogen-bond donors (Lipinski definition) is 1. The fourth-order valence-electron chi connectivity index (χ4n) is 4.28. The van der Waals surface area contributed by atoms with Gasteiger partial charge in [-0.15, -0.1) is 0 Å². The molecule has 3 rings (SSSR count). The molecule has 1 aliphatic heterocycles. The number of aliphatic carboxylic acids is 1. The molecule has 1 heterocycles. The van der Waals surface area contributed by atoms with E-state index < -0.39 is 40.8 Å². The fourth-order valence-corrected chi connectivity index (χ4v) is 4.28. The first-order chi connectivity index (χ1) is 12.5.